The summed E-state index contributed by atoms with van der Waals surface area (Å²) in [5.74, 6) is 0. The Balaban J connectivity index is 0.000000251. The fraction of sp³-hybridized carbons (Fsp3) is 0.900. The molecule has 2 fully saturated rings. The molecule has 0 unspecified atom stereocenters. The van der Waals surface area contributed by atoms with Crippen LogP contribution in [0.2, 0.25) is 0 Å². The predicted molar refractivity (Wildman–Crippen MR) is 51.7 cm³/mol. The molecule has 0 aromatic rings. The van der Waals surface area contributed by atoms with Crippen LogP contribution < -0.4 is 0 Å². The van der Waals surface area contributed by atoms with Gasteiger partial charge >= 0.3 is 0 Å². The molecule has 3 nitrogen and oxygen atoms in total. The molecule has 1 aliphatic carbocycles. The molecule has 1 saturated heterocycles. The number of hydrogen-bond acceptors (Lipinski definition) is 2. The molecule has 76 valence electrons. The number of likely N-dealkylation sites (tertiary alicyclic amines) is 1. The topological polar surface area (TPSA) is 40.5 Å². The molecule has 3 heteroatoms. The van der Waals surface area contributed by atoms with Crippen LogP contribution in [-0.4, -0.2) is 36.1 Å². The zero-order chi connectivity index (χ0) is 9.73. The van der Waals surface area contributed by atoms with Gasteiger partial charge < -0.3 is 10.0 Å². The average Bonchev–Trinajstić information content (AvgIpc) is 2.88. The highest BCUT2D eigenvalue weighted by molar-refractivity contribution is 5.32. The van der Waals surface area contributed by atoms with E-state index in [9.17, 15) is 0 Å². The van der Waals surface area contributed by atoms with Crippen LogP contribution >= 0.6 is 0 Å². The maximum absolute atomic E-state index is 8.36. The highest BCUT2D eigenvalue weighted by atomic mass is 16.3. The van der Waals surface area contributed by atoms with Crippen LogP contribution in [0.1, 0.15) is 32.6 Å². The smallest absolute Gasteiger partial charge is 0.290 e. The summed E-state index contributed by atoms with van der Waals surface area (Å²) < 4.78 is 0. The second-order valence-electron chi connectivity index (χ2n) is 4.04. The van der Waals surface area contributed by atoms with Gasteiger partial charge in [0.1, 0.15) is 0 Å². The van der Waals surface area contributed by atoms with E-state index in [1.165, 1.54) is 45.3 Å². The predicted octanol–water partition coefficient (Wildman–Crippen LogP) is 1.58. The van der Waals surface area contributed by atoms with Crippen LogP contribution in [0.3, 0.4) is 0 Å². The molecule has 0 atom stereocenters. The van der Waals surface area contributed by atoms with Crippen molar-refractivity contribution in [2.75, 3.05) is 19.6 Å². The fourth-order valence-corrected chi connectivity index (χ4v) is 2.02. The van der Waals surface area contributed by atoms with E-state index < -0.39 is 0 Å². The van der Waals surface area contributed by atoms with Gasteiger partial charge in [0, 0.05) is 0 Å². The first-order valence-corrected chi connectivity index (χ1v) is 5.06. The number of rotatable bonds is 1. The lowest BCUT2D eigenvalue weighted by Crippen LogP contribution is -2.34. The lowest BCUT2D eigenvalue weighted by atomic mass is 9.94. The van der Waals surface area contributed by atoms with Crippen molar-refractivity contribution in [3.63, 3.8) is 0 Å². The van der Waals surface area contributed by atoms with E-state index in [0.29, 0.717) is 0 Å². The van der Waals surface area contributed by atoms with Crippen molar-refractivity contribution in [2.45, 2.75) is 32.6 Å². The molecule has 13 heavy (non-hydrogen) atoms. The Labute approximate surface area is 79.7 Å². The summed E-state index contributed by atoms with van der Waals surface area (Å²) in [5, 5.41) is 6.89. The molecule has 0 amide bonds. The molecule has 0 bridgehead atoms. The first-order chi connectivity index (χ1) is 6.26. The monoisotopic (exact) mass is 185 g/mol. The van der Waals surface area contributed by atoms with Gasteiger partial charge in [0.05, 0.1) is 0 Å². The Hall–Kier alpha value is -0.570. The third-order valence-corrected chi connectivity index (χ3v) is 3.32. The maximum atomic E-state index is 8.36. The van der Waals surface area contributed by atoms with Crippen LogP contribution in [0.5, 0.6) is 0 Å². The molecule has 1 aliphatic heterocycles. The van der Waals surface area contributed by atoms with Gasteiger partial charge in [-0.3, -0.25) is 4.79 Å². The van der Waals surface area contributed by atoms with E-state index >= 15 is 0 Å². The Morgan fingerprint density at radius 1 is 1.31 bits per heavy atom. The quantitative estimate of drug-likeness (QED) is 0.630. The van der Waals surface area contributed by atoms with Gasteiger partial charge in [-0.2, -0.15) is 0 Å². The van der Waals surface area contributed by atoms with E-state index in [4.69, 9.17) is 9.90 Å². The van der Waals surface area contributed by atoms with Gasteiger partial charge in [-0.25, -0.2) is 0 Å². The summed E-state index contributed by atoms with van der Waals surface area (Å²) in [4.78, 5) is 10.9. The van der Waals surface area contributed by atoms with Gasteiger partial charge in [-0.1, -0.05) is 6.92 Å². The number of carboxylic acid groups (broad SMARTS) is 1. The minimum absolute atomic E-state index is 0.250. The second-order valence-corrected chi connectivity index (χ2v) is 4.04. The van der Waals surface area contributed by atoms with Crippen molar-refractivity contribution in [2.24, 2.45) is 5.41 Å². The maximum Gasteiger partial charge on any atom is 0.290 e. The normalized spacial score (nSPS) is 24.7. The molecule has 0 aromatic carbocycles. The zero-order valence-electron chi connectivity index (χ0n) is 8.33. The van der Waals surface area contributed by atoms with Gasteiger partial charge in [0.2, 0.25) is 0 Å². The number of carbonyl (C=O) groups is 1. The van der Waals surface area contributed by atoms with Crippen molar-refractivity contribution >= 4 is 6.47 Å². The minimum Gasteiger partial charge on any atom is -0.483 e. The van der Waals surface area contributed by atoms with Crippen molar-refractivity contribution < 1.29 is 9.90 Å². The SMILES string of the molecule is CCN1CCC2(CC1)CC2.O=CO. The molecule has 0 aromatic heterocycles. The van der Waals surface area contributed by atoms with E-state index in [0.717, 1.165) is 5.41 Å². The van der Waals surface area contributed by atoms with Crippen LogP contribution in [0.25, 0.3) is 0 Å². The Kier molecular flexibility index (Phi) is 3.72. The van der Waals surface area contributed by atoms with Crippen molar-refractivity contribution in [3.05, 3.63) is 0 Å². The standard InChI is InChI=1S/C9H17N.CH2O2/c1-2-10-7-5-9(3-4-9)6-8-10;2-1-3/h2-8H2,1H3;1H,(H,2,3). The third kappa shape index (κ3) is 2.99. The minimum atomic E-state index is -0.250. The molecule has 0 radical (unpaired) electrons. The summed E-state index contributed by atoms with van der Waals surface area (Å²) in [6.07, 6.45) is 6.04. The lowest BCUT2D eigenvalue weighted by molar-refractivity contribution is -0.122. The lowest BCUT2D eigenvalue weighted by Gasteiger charge is -2.30. The molecule has 1 saturated carbocycles. The van der Waals surface area contributed by atoms with Gasteiger partial charge in [-0.05, 0) is 50.7 Å². The largest absolute Gasteiger partial charge is 0.483 e. The van der Waals surface area contributed by atoms with E-state index in [1.807, 2.05) is 0 Å². The molecular formula is C10H19NO2. The van der Waals surface area contributed by atoms with Crippen LogP contribution in [-0.2, 0) is 4.79 Å². The average molecular weight is 185 g/mol. The number of hydrogen-bond donors (Lipinski definition) is 1. The molecule has 2 aliphatic rings. The number of nitrogens with zero attached hydrogens (tertiary/aromatic N) is 1. The molecular weight excluding hydrogens is 166 g/mol. The van der Waals surface area contributed by atoms with E-state index in [-0.39, 0.29) is 6.47 Å². The summed E-state index contributed by atoms with van der Waals surface area (Å²) in [7, 11) is 0. The zero-order valence-corrected chi connectivity index (χ0v) is 8.33. The van der Waals surface area contributed by atoms with Gasteiger partial charge in [-0.15, -0.1) is 0 Å². The van der Waals surface area contributed by atoms with Gasteiger partial charge in [0.15, 0.2) is 0 Å². The first kappa shape index (κ1) is 10.5. The highest BCUT2D eigenvalue weighted by Gasteiger charge is 2.43. The van der Waals surface area contributed by atoms with Crippen LogP contribution in [0.15, 0.2) is 0 Å². The Morgan fingerprint density at radius 2 is 1.77 bits per heavy atom. The summed E-state index contributed by atoms with van der Waals surface area (Å²) in [6.45, 7) is 6.02. The fourth-order valence-electron chi connectivity index (χ4n) is 2.02. The van der Waals surface area contributed by atoms with E-state index in [1.54, 1.807) is 0 Å². The summed E-state index contributed by atoms with van der Waals surface area (Å²) in [5.41, 5.74) is 0.867. The first-order valence-electron chi connectivity index (χ1n) is 5.06. The third-order valence-electron chi connectivity index (χ3n) is 3.32. The summed E-state index contributed by atoms with van der Waals surface area (Å²) >= 11 is 0. The molecule has 1 heterocycles. The molecule has 2 rings (SSSR count). The van der Waals surface area contributed by atoms with E-state index in [2.05, 4.69) is 11.8 Å². The second kappa shape index (κ2) is 4.61. The Bertz CT molecular complexity index is 156. The number of piperidine rings is 1. The van der Waals surface area contributed by atoms with Crippen molar-refractivity contribution in [3.8, 4) is 0 Å². The van der Waals surface area contributed by atoms with Crippen molar-refractivity contribution in [1.29, 1.82) is 0 Å². The van der Waals surface area contributed by atoms with Crippen LogP contribution in [0, 0.1) is 5.41 Å². The molecule has 1 N–H and O–H groups in total. The van der Waals surface area contributed by atoms with Gasteiger partial charge in [0.25, 0.3) is 6.47 Å². The Morgan fingerprint density at radius 3 is 2.08 bits per heavy atom. The highest BCUT2D eigenvalue weighted by Crippen LogP contribution is 2.53. The summed E-state index contributed by atoms with van der Waals surface area (Å²) in [6, 6.07) is 0. The van der Waals surface area contributed by atoms with Crippen molar-refractivity contribution in [1.82, 2.24) is 4.90 Å². The van der Waals surface area contributed by atoms with Crippen LogP contribution in [0.4, 0.5) is 0 Å². The molecule has 1 spiro atoms.